The van der Waals surface area contributed by atoms with Crippen molar-refractivity contribution >= 4 is 5.82 Å². The third kappa shape index (κ3) is 3.44. The summed E-state index contributed by atoms with van der Waals surface area (Å²) in [6, 6.07) is 6.63. The summed E-state index contributed by atoms with van der Waals surface area (Å²) in [5.41, 5.74) is 5.04. The zero-order valence-electron chi connectivity index (χ0n) is 14.5. The number of likely N-dealkylation sites (tertiary alicyclic amines) is 1. The molecule has 0 atom stereocenters. The predicted octanol–water partition coefficient (Wildman–Crippen LogP) is 3.18. The number of rotatable bonds is 5. The highest BCUT2D eigenvalue weighted by atomic mass is 15.2. The summed E-state index contributed by atoms with van der Waals surface area (Å²) < 4.78 is 0. The topological polar surface area (TPSA) is 32.3 Å². The smallest absolute Gasteiger partial charge is 0.128 e. The zero-order chi connectivity index (χ0) is 16.4. The molecule has 2 aliphatic heterocycles. The van der Waals surface area contributed by atoms with Crippen molar-refractivity contribution in [3.05, 3.63) is 53.0 Å². The largest absolute Gasteiger partial charge is 0.357 e. The molecule has 0 unspecified atom stereocenters. The highest BCUT2D eigenvalue weighted by Crippen LogP contribution is 2.21. The number of aromatic nitrogens is 2. The van der Waals surface area contributed by atoms with Crippen molar-refractivity contribution in [3.63, 3.8) is 0 Å². The molecule has 4 nitrogen and oxygen atoms in total. The van der Waals surface area contributed by atoms with Crippen LogP contribution in [0.1, 0.15) is 41.6 Å². The molecule has 4 heterocycles. The average molecular weight is 322 g/mol. The Morgan fingerprint density at radius 1 is 0.958 bits per heavy atom. The second kappa shape index (κ2) is 6.89. The van der Waals surface area contributed by atoms with E-state index in [4.69, 9.17) is 0 Å². The normalized spacial score (nSPS) is 18.0. The van der Waals surface area contributed by atoms with Gasteiger partial charge in [0.05, 0.1) is 0 Å². The van der Waals surface area contributed by atoms with Gasteiger partial charge >= 0.3 is 0 Å². The highest BCUT2D eigenvalue weighted by Gasteiger charge is 2.15. The first-order valence-electron chi connectivity index (χ1n) is 9.14. The van der Waals surface area contributed by atoms with Crippen LogP contribution in [0.2, 0.25) is 0 Å². The van der Waals surface area contributed by atoms with Crippen LogP contribution in [0.25, 0.3) is 0 Å². The number of pyridine rings is 2. The lowest BCUT2D eigenvalue weighted by molar-refractivity contribution is 0.172. The Labute approximate surface area is 144 Å². The van der Waals surface area contributed by atoms with E-state index in [1.54, 1.807) is 0 Å². The third-order valence-corrected chi connectivity index (χ3v) is 5.25. The van der Waals surface area contributed by atoms with Crippen molar-refractivity contribution in [1.82, 2.24) is 14.9 Å². The summed E-state index contributed by atoms with van der Waals surface area (Å²) in [5, 5.41) is 0. The SMILES string of the molecule is Cc1cc(N2CCCC2)ncc1Cc1ccc(CN2CCC2)cn1. The molecule has 0 aromatic carbocycles. The fraction of sp³-hybridized carbons (Fsp3) is 0.500. The highest BCUT2D eigenvalue weighted by molar-refractivity contribution is 5.44. The lowest BCUT2D eigenvalue weighted by Gasteiger charge is -2.30. The zero-order valence-corrected chi connectivity index (χ0v) is 14.5. The Morgan fingerprint density at radius 2 is 1.79 bits per heavy atom. The molecule has 2 aliphatic rings. The number of hydrogen-bond acceptors (Lipinski definition) is 4. The first-order valence-corrected chi connectivity index (χ1v) is 9.14. The van der Waals surface area contributed by atoms with E-state index in [0.29, 0.717) is 0 Å². The number of anilines is 1. The van der Waals surface area contributed by atoms with E-state index in [-0.39, 0.29) is 0 Å². The summed E-state index contributed by atoms with van der Waals surface area (Å²) in [6.45, 7) is 7.98. The van der Waals surface area contributed by atoms with Gasteiger partial charge in [0.1, 0.15) is 5.82 Å². The van der Waals surface area contributed by atoms with Crippen LogP contribution in [-0.2, 0) is 13.0 Å². The van der Waals surface area contributed by atoms with Gasteiger partial charge in [-0.2, -0.15) is 0 Å². The minimum Gasteiger partial charge on any atom is -0.357 e. The lowest BCUT2D eigenvalue weighted by Crippen LogP contribution is -2.36. The molecule has 2 aromatic heterocycles. The summed E-state index contributed by atoms with van der Waals surface area (Å²) >= 11 is 0. The Bertz CT molecular complexity index is 685. The Morgan fingerprint density at radius 3 is 2.42 bits per heavy atom. The van der Waals surface area contributed by atoms with Crippen LogP contribution in [0, 0.1) is 6.92 Å². The minimum absolute atomic E-state index is 0.864. The average Bonchev–Trinajstić information content (AvgIpc) is 3.09. The van der Waals surface area contributed by atoms with Crippen molar-refractivity contribution in [2.45, 2.75) is 39.2 Å². The summed E-state index contributed by atoms with van der Waals surface area (Å²) in [4.78, 5) is 14.2. The van der Waals surface area contributed by atoms with Crippen molar-refractivity contribution in [2.24, 2.45) is 0 Å². The van der Waals surface area contributed by atoms with Crippen molar-refractivity contribution in [2.75, 3.05) is 31.1 Å². The minimum atomic E-state index is 0.864. The van der Waals surface area contributed by atoms with Crippen LogP contribution in [0.3, 0.4) is 0 Å². The van der Waals surface area contributed by atoms with Crippen LogP contribution in [-0.4, -0.2) is 41.0 Å². The van der Waals surface area contributed by atoms with Crippen LogP contribution >= 0.6 is 0 Å². The van der Waals surface area contributed by atoms with E-state index in [1.165, 1.54) is 49.0 Å². The molecule has 0 bridgehead atoms. The fourth-order valence-electron chi connectivity index (χ4n) is 3.52. The van der Waals surface area contributed by atoms with Gasteiger partial charge in [0, 0.05) is 44.1 Å². The Balaban J connectivity index is 1.42. The summed E-state index contributed by atoms with van der Waals surface area (Å²) in [7, 11) is 0. The van der Waals surface area contributed by atoms with Crippen LogP contribution in [0.15, 0.2) is 30.6 Å². The molecule has 0 amide bonds. The third-order valence-electron chi connectivity index (χ3n) is 5.25. The van der Waals surface area contributed by atoms with Crippen LogP contribution < -0.4 is 4.90 Å². The fourth-order valence-corrected chi connectivity index (χ4v) is 3.52. The molecular weight excluding hydrogens is 296 g/mol. The van der Waals surface area contributed by atoms with Crippen molar-refractivity contribution in [3.8, 4) is 0 Å². The molecule has 2 fully saturated rings. The molecule has 0 spiro atoms. The van der Waals surface area contributed by atoms with Gasteiger partial charge in [-0.15, -0.1) is 0 Å². The quantitative estimate of drug-likeness (QED) is 0.846. The maximum atomic E-state index is 4.68. The van der Waals surface area contributed by atoms with Gasteiger partial charge in [0.2, 0.25) is 0 Å². The number of nitrogens with zero attached hydrogens (tertiary/aromatic N) is 4. The second-order valence-electron chi connectivity index (χ2n) is 7.13. The molecule has 4 rings (SSSR count). The maximum absolute atomic E-state index is 4.68. The van der Waals surface area contributed by atoms with E-state index in [2.05, 4.69) is 44.9 Å². The molecule has 0 aliphatic carbocycles. The predicted molar refractivity (Wildman–Crippen MR) is 97.4 cm³/mol. The second-order valence-corrected chi connectivity index (χ2v) is 7.13. The Hall–Kier alpha value is -1.94. The molecule has 0 radical (unpaired) electrons. The van der Waals surface area contributed by atoms with E-state index in [1.807, 2.05) is 12.4 Å². The number of hydrogen-bond donors (Lipinski definition) is 0. The van der Waals surface area contributed by atoms with Gasteiger partial charge in [-0.3, -0.25) is 9.88 Å². The molecule has 0 saturated carbocycles. The molecular formula is C20H26N4. The standard InChI is InChI=1S/C20H26N4/c1-16-11-20(24-9-2-3-10-24)22-14-18(16)12-19-6-5-17(13-21-19)15-23-7-4-8-23/h5-6,11,13-14H,2-4,7-10,12,15H2,1H3. The van der Waals surface area contributed by atoms with Crippen LogP contribution in [0.4, 0.5) is 5.82 Å². The lowest BCUT2D eigenvalue weighted by atomic mass is 10.1. The molecule has 2 saturated heterocycles. The summed E-state index contributed by atoms with van der Waals surface area (Å²) in [5.74, 6) is 1.13. The van der Waals surface area contributed by atoms with Gasteiger partial charge in [0.25, 0.3) is 0 Å². The number of aryl methyl sites for hydroxylation is 1. The monoisotopic (exact) mass is 322 g/mol. The molecule has 4 heteroatoms. The van der Waals surface area contributed by atoms with E-state index < -0.39 is 0 Å². The van der Waals surface area contributed by atoms with Gasteiger partial charge in [0.15, 0.2) is 0 Å². The Kier molecular flexibility index (Phi) is 4.48. The van der Waals surface area contributed by atoms with Crippen molar-refractivity contribution in [1.29, 1.82) is 0 Å². The van der Waals surface area contributed by atoms with E-state index >= 15 is 0 Å². The molecule has 126 valence electrons. The van der Waals surface area contributed by atoms with Gasteiger partial charge in [-0.1, -0.05) is 6.07 Å². The molecule has 2 aromatic rings. The van der Waals surface area contributed by atoms with E-state index in [0.717, 1.165) is 37.6 Å². The summed E-state index contributed by atoms with van der Waals surface area (Å²) in [6.07, 6.45) is 8.86. The van der Waals surface area contributed by atoms with Gasteiger partial charge in [-0.25, -0.2) is 4.98 Å². The maximum Gasteiger partial charge on any atom is 0.128 e. The van der Waals surface area contributed by atoms with Gasteiger partial charge in [-0.05, 0) is 68.1 Å². The first-order chi connectivity index (χ1) is 11.8. The molecule has 0 N–H and O–H groups in total. The van der Waals surface area contributed by atoms with Crippen LogP contribution in [0.5, 0.6) is 0 Å². The first kappa shape index (κ1) is 15.6. The van der Waals surface area contributed by atoms with Gasteiger partial charge < -0.3 is 4.90 Å². The van der Waals surface area contributed by atoms with Crippen molar-refractivity contribution < 1.29 is 0 Å². The van der Waals surface area contributed by atoms with E-state index in [9.17, 15) is 0 Å². The molecule has 24 heavy (non-hydrogen) atoms.